The van der Waals surface area contributed by atoms with E-state index >= 15 is 0 Å². The van der Waals surface area contributed by atoms with Gasteiger partial charge in [0.15, 0.2) is 5.96 Å². The molecule has 1 saturated carbocycles. The zero-order valence-electron chi connectivity index (χ0n) is 14.1. The molecule has 0 aromatic carbocycles. The number of nitrogens with one attached hydrogen (secondary N) is 2. The fourth-order valence-corrected chi connectivity index (χ4v) is 2.77. The summed E-state index contributed by atoms with van der Waals surface area (Å²) >= 11 is 0. The molecule has 1 aliphatic rings. The second kappa shape index (κ2) is 8.14. The van der Waals surface area contributed by atoms with E-state index < -0.39 is 0 Å². The van der Waals surface area contributed by atoms with Crippen molar-refractivity contribution in [2.45, 2.75) is 45.9 Å². The monoisotopic (exact) mass is 421 g/mol. The Bertz CT molecular complexity index is 500. The lowest BCUT2D eigenvalue weighted by molar-refractivity contribution is -0.0922. The standard InChI is InChI=1S/C15H27N5O.HI/c1-11-9-18-20(10-11)7-6-17-14(16-4)19-12-8-13(21-5)15(12,2)3;/h9-10,12-13H,6-8H2,1-5H3,(H2,16,17,19);1H. The van der Waals surface area contributed by atoms with Crippen LogP contribution in [0, 0.1) is 12.3 Å². The molecule has 1 aromatic rings. The summed E-state index contributed by atoms with van der Waals surface area (Å²) in [7, 11) is 3.58. The van der Waals surface area contributed by atoms with Crippen LogP contribution in [0.3, 0.4) is 0 Å². The average Bonchev–Trinajstić information content (AvgIpc) is 2.86. The zero-order valence-corrected chi connectivity index (χ0v) is 16.4. The third-order valence-corrected chi connectivity index (χ3v) is 4.39. The molecule has 1 aromatic heterocycles. The van der Waals surface area contributed by atoms with E-state index in [4.69, 9.17) is 4.74 Å². The number of hydrogen-bond donors (Lipinski definition) is 2. The van der Waals surface area contributed by atoms with Crippen molar-refractivity contribution in [3.8, 4) is 0 Å². The van der Waals surface area contributed by atoms with Crippen molar-refractivity contribution < 1.29 is 4.74 Å². The van der Waals surface area contributed by atoms with Gasteiger partial charge in [-0.05, 0) is 18.9 Å². The number of methoxy groups -OCH3 is 1. The molecule has 0 aliphatic heterocycles. The molecule has 2 N–H and O–H groups in total. The zero-order chi connectivity index (χ0) is 15.5. The van der Waals surface area contributed by atoms with E-state index in [0.29, 0.717) is 12.1 Å². The largest absolute Gasteiger partial charge is 0.381 e. The predicted molar refractivity (Wildman–Crippen MR) is 99.9 cm³/mol. The number of rotatable bonds is 5. The summed E-state index contributed by atoms with van der Waals surface area (Å²) in [6.07, 6.45) is 5.24. The molecule has 1 fully saturated rings. The quantitative estimate of drug-likeness (QED) is 0.433. The molecule has 0 radical (unpaired) electrons. The van der Waals surface area contributed by atoms with Crippen molar-refractivity contribution in [2.75, 3.05) is 20.7 Å². The van der Waals surface area contributed by atoms with Gasteiger partial charge in [0.05, 0.1) is 18.8 Å². The normalized spacial score (nSPS) is 23.4. The molecule has 0 saturated heterocycles. The van der Waals surface area contributed by atoms with Crippen LogP contribution in [0.4, 0.5) is 0 Å². The fraction of sp³-hybridized carbons (Fsp3) is 0.733. The summed E-state index contributed by atoms with van der Waals surface area (Å²) in [6, 6.07) is 0.389. The van der Waals surface area contributed by atoms with Crippen LogP contribution in [0.5, 0.6) is 0 Å². The highest BCUT2D eigenvalue weighted by Gasteiger charge is 2.48. The van der Waals surface area contributed by atoms with Gasteiger partial charge in [-0.1, -0.05) is 13.8 Å². The van der Waals surface area contributed by atoms with E-state index in [1.54, 1.807) is 14.2 Å². The maximum Gasteiger partial charge on any atom is 0.191 e. The molecule has 126 valence electrons. The van der Waals surface area contributed by atoms with Gasteiger partial charge < -0.3 is 15.4 Å². The van der Waals surface area contributed by atoms with Crippen LogP contribution in [0.2, 0.25) is 0 Å². The Morgan fingerprint density at radius 3 is 2.77 bits per heavy atom. The van der Waals surface area contributed by atoms with Crippen LogP contribution in [0.25, 0.3) is 0 Å². The number of ether oxygens (including phenoxy) is 1. The molecule has 2 unspecified atom stereocenters. The lowest BCUT2D eigenvalue weighted by Gasteiger charge is -2.51. The first-order valence-electron chi connectivity index (χ1n) is 7.46. The van der Waals surface area contributed by atoms with Crippen molar-refractivity contribution in [3.05, 3.63) is 18.0 Å². The highest BCUT2D eigenvalue weighted by Crippen LogP contribution is 2.42. The first-order valence-corrected chi connectivity index (χ1v) is 7.46. The number of guanidine groups is 1. The van der Waals surface area contributed by atoms with Gasteiger partial charge in [-0.3, -0.25) is 9.67 Å². The van der Waals surface area contributed by atoms with E-state index in [2.05, 4.69) is 34.6 Å². The average molecular weight is 421 g/mol. The van der Waals surface area contributed by atoms with Crippen LogP contribution in [0.15, 0.2) is 17.4 Å². The Morgan fingerprint density at radius 2 is 2.27 bits per heavy atom. The Morgan fingerprint density at radius 1 is 1.55 bits per heavy atom. The van der Waals surface area contributed by atoms with Crippen molar-refractivity contribution in [1.82, 2.24) is 20.4 Å². The molecular formula is C15H28IN5O. The predicted octanol–water partition coefficient (Wildman–Crippen LogP) is 1.79. The lowest BCUT2D eigenvalue weighted by atomic mass is 9.64. The van der Waals surface area contributed by atoms with Crippen molar-refractivity contribution in [1.29, 1.82) is 0 Å². The summed E-state index contributed by atoms with van der Waals surface area (Å²) in [4.78, 5) is 4.29. The number of aliphatic imine (C=N–C) groups is 1. The maximum atomic E-state index is 5.48. The van der Waals surface area contributed by atoms with Crippen LogP contribution in [0.1, 0.15) is 25.8 Å². The SMILES string of the molecule is CN=C(NCCn1cc(C)cn1)NC1CC(OC)C1(C)C.I. The van der Waals surface area contributed by atoms with Gasteiger partial charge in [-0.25, -0.2) is 0 Å². The first-order chi connectivity index (χ1) is 9.97. The van der Waals surface area contributed by atoms with Gasteiger partial charge in [-0.2, -0.15) is 5.10 Å². The summed E-state index contributed by atoms with van der Waals surface area (Å²) in [6.45, 7) is 8.11. The molecule has 0 amide bonds. The van der Waals surface area contributed by atoms with E-state index in [1.165, 1.54) is 5.56 Å². The van der Waals surface area contributed by atoms with Gasteiger partial charge >= 0.3 is 0 Å². The van der Waals surface area contributed by atoms with Crippen molar-refractivity contribution in [2.24, 2.45) is 10.4 Å². The fourth-order valence-electron chi connectivity index (χ4n) is 2.77. The van der Waals surface area contributed by atoms with E-state index in [9.17, 15) is 0 Å². The third kappa shape index (κ3) is 4.34. The Balaban J connectivity index is 0.00000242. The van der Waals surface area contributed by atoms with Gasteiger partial charge in [0.2, 0.25) is 0 Å². The summed E-state index contributed by atoms with van der Waals surface area (Å²) < 4.78 is 7.41. The van der Waals surface area contributed by atoms with Crippen molar-refractivity contribution in [3.63, 3.8) is 0 Å². The second-order valence-electron chi connectivity index (χ2n) is 6.26. The second-order valence-corrected chi connectivity index (χ2v) is 6.26. The highest BCUT2D eigenvalue weighted by molar-refractivity contribution is 14.0. The van der Waals surface area contributed by atoms with E-state index in [0.717, 1.165) is 25.5 Å². The maximum absolute atomic E-state index is 5.48. The molecule has 2 atom stereocenters. The number of hydrogen-bond acceptors (Lipinski definition) is 3. The molecular weight excluding hydrogens is 393 g/mol. The van der Waals surface area contributed by atoms with Crippen molar-refractivity contribution >= 4 is 29.9 Å². The molecule has 1 aliphatic carbocycles. The molecule has 0 spiro atoms. The molecule has 7 heteroatoms. The first kappa shape index (κ1) is 19.2. The molecule has 22 heavy (non-hydrogen) atoms. The minimum absolute atomic E-state index is 0. The Kier molecular flexibility index (Phi) is 7.11. The van der Waals surface area contributed by atoms with Crippen LogP contribution in [-0.2, 0) is 11.3 Å². The van der Waals surface area contributed by atoms with Gasteiger partial charge in [0, 0.05) is 38.4 Å². The van der Waals surface area contributed by atoms with Gasteiger partial charge in [0.1, 0.15) is 0 Å². The van der Waals surface area contributed by atoms with E-state index in [1.807, 2.05) is 24.0 Å². The topological polar surface area (TPSA) is 63.5 Å². The minimum atomic E-state index is 0. The molecule has 1 heterocycles. The number of aryl methyl sites for hydroxylation is 1. The minimum Gasteiger partial charge on any atom is -0.381 e. The molecule has 2 rings (SSSR count). The Labute approximate surface area is 150 Å². The number of nitrogens with zero attached hydrogens (tertiary/aromatic N) is 3. The lowest BCUT2D eigenvalue weighted by Crippen LogP contribution is -2.63. The molecule has 6 nitrogen and oxygen atoms in total. The summed E-state index contributed by atoms with van der Waals surface area (Å²) in [5.41, 5.74) is 1.31. The van der Waals surface area contributed by atoms with Gasteiger partial charge in [0.25, 0.3) is 0 Å². The van der Waals surface area contributed by atoms with Gasteiger partial charge in [-0.15, -0.1) is 24.0 Å². The summed E-state index contributed by atoms with van der Waals surface area (Å²) in [5.74, 6) is 0.839. The Hall–Kier alpha value is -0.830. The third-order valence-electron chi connectivity index (χ3n) is 4.39. The number of halogens is 1. The number of aromatic nitrogens is 2. The molecule has 0 bridgehead atoms. The van der Waals surface area contributed by atoms with E-state index in [-0.39, 0.29) is 29.4 Å². The van der Waals surface area contributed by atoms with Crippen LogP contribution < -0.4 is 10.6 Å². The van der Waals surface area contributed by atoms with Crippen LogP contribution in [-0.4, -0.2) is 48.6 Å². The highest BCUT2D eigenvalue weighted by atomic mass is 127. The van der Waals surface area contributed by atoms with Crippen LogP contribution >= 0.6 is 24.0 Å². The smallest absolute Gasteiger partial charge is 0.191 e. The summed E-state index contributed by atoms with van der Waals surface area (Å²) in [5, 5.41) is 11.1.